The molecule has 3 nitrogen and oxygen atoms in total. The van der Waals surface area contributed by atoms with Crippen LogP contribution in [0.3, 0.4) is 0 Å². The monoisotopic (exact) mass is 322 g/mol. The Morgan fingerprint density at radius 2 is 2.14 bits per heavy atom. The van der Waals surface area contributed by atoms with E-state index in [0.29, 0.717) is 36.8 Å². The van der Waals surface area contributed by atoms with Gasteiger partial charge in [0.05, 0.1) is 6.54 Å². The lowest BCUT2D eigenvalue weighted by Crippen LogP contribution is -2.33. The van der Waals surface area contributed by atoms with Crippen molar-refractivity contribution in [3.8, 4) is 5.75 Å². The Bertz CT molecular complexity index is 462. The van der Waals surface area contributed by atoms with Crippen LogP contribution in [0.25, 0.3) is 0 Å². The Kier molecular flexibility index (Phi) is 5.35. The normalized spacial score (nSPS) is 20.1. The van der Waals surface area contributed by atoms with Crippen molar-refractivity contribution in [3.63, 3.8) is 0 Å². The molecule has 1 fully saturated rings. The molecule has 1 unspecified atom stereocenters. The molecule has 0 saturated carbocycles. The van der Waals surface area contributed by atoms with Crippen molar-refractivity contribution in [3.05, 3.63) is 28.8 Å². The maximum absolute atomic E-state index is 12.3. The molecular weight excluding hydrogens is 305 g/mol. The van der Waals surface area contributed by atoms with Gasteiger partial charge in [0, 0.05) is 23.7 Å². The summed E-state index contributed by atoms with van der Waals surface area (Å²) >= 11 is 5.99. The van der Waals surface area contributed by atoms with Gasteiger partial charge in [-0.15, -0.1) is 0 Å². The summed E-state index contributed by atoms with van der Waals surface area (Å²) in [7, 11) is 0. The standard InChI is InChI=1S/C14H18ClF3N2O/c15-12-2-1-3-13(21)11(12)7-19-6-10-4-5-20(8-10)9-14(16,17)18/h1-3,10,19,21H,4-9H2. The fourth-order valence-corrected chi connectivity index (χ4v) is 2.84. The molecule has 118 valence electrons. The average molecular weight is 323 g/mol. The molecule has 2 N–H and O–H groups in total. The van der Waals surface area contributed by atoms with Crippen molar-refractivity contribution in [1.82, 2.24) is 10.2 Å². The first-order valence-electron chi connectivity index (χ1n) is 6.81. The number of phenols is 1. The molecule has 2 rings (SSSR count). The highest BCUT2D eigenvalue weighted by Gasteiger charge is 2.34. The lowest BCUT2D eigenvalue weighted by molar-refractivity contribution is -0.143. The predicted molar refractivity (Wildman–Crippen MR) is 75.4 cm³/mol. The fraction of sp³-hybridized carbons (Fsp3) is 0.571. The largest absolute Gasteiger partial charge is 0.508 e. The quantitative estimate of drug-likeness (QED) is 0.874. The van der Waals surface area contributed by atoms with Crippen LogP contribution in [0.2, 0.25) is 5.02 Å². The number of halogens is 4. The first kappa shape index (κ1) is 16.4. The van der Waals surface area contributed by atoms with Gasteiger partial charge in [0.2, 0.25) is 0 Å². The lowest BCUT2D eigenvalue weighted by atomic mass is 10.1. The number of likely N-dealkylation sites (tertiary alicyclic amines) is 1. The van der Waals surface area contributed by atoms with Crippen molar-refractivity contribution >= 4 is 11.6 Å². The van der Waals surface area contributed by atoms with E-state index in [0.717, 1.165) is 6.42 Å². The number of hydrogen-bond donors (Lipinski definition) is 2. The molecule has 1 saturated heterocycles. The summed E-state index contributed by atoms with van der Waals surface area (Å²) in [5, 5.41) is 13.3. The Morgan fingerprint density at radius 1 is 1.38 bits per heavy atom. The minimum atomic E-state index is -4.13. The van der Waals surface area contributed by atoms with Crippen LogP contribution in [0.4, 0.5) is 13.2 Å². The number of phenolic OH excluding ortho intramolecular Hbond substituents is 1. The van der Waals surface area contributed by atoms with E-state index in [1.54, 1.807) is 18.2 Å². The second kappa shape index (κ2) is 6.85. The minimum Gasteiger partial charge on any atom is -0.508 e. The fourth-order valence-electron chi connectivity index (χ4n) is 2.60. The van der Waals surface area contributed by atoms with Gasteiger partial charge in [-0.05, 0) is 37.6 Å². The minimum absolute atomic E-state index is 0.125. The van der Waals surface area contributed by atoms with Gasteiger partial charge in [0.25, 0.3) is 0 Å². The van der Waals surface area contributed by atoms with Crippen molar-refractivity contribution in [1.29, 1.82) is 0 Å². The van der Waals surface area contributed by atoms with Crippen molar-refractivity contribution in [2.24, 2.45) is 5.92 Å². The molecule has 1 atom stereocenters. The topological polar surface area (TPSA) is 35.5 Å². The highest BCUT2D eigenvalue weighted by atomic mass is 35.5. The van der Waals surface area contributed by atoms with Crippen molar-refractivity contribution in [2.45, 2.75) is 19.1 Å². The van der Waals surface area contributed by atoms with Crippen molar-refractivity contribution in [2.75, 3.05) is 26.2 Å². The van der Waals surface area contributed by atoms with Crippen LogP contribution in [0.5, 0.6) is 5.75 Å². The lowest BCUT2D eigenvalue weighted by Gasteiger charge is -2.18. The zero-order valence-electron chi connectivity index (χ0n) is 11.5. The van der Waals surface area contributed by atoms with Crippen LogP contribution in [-0.2, 0) is 6.54 Å². The molecule has 0 bridgehead atoms. The van der Waals surface area contributed by atoms with Gasteiger partial charge >= 0.3 is 6.18 Å². The van der Waals surface area contributed by atoms with Crippen LogP contribution in [0, 0.1) is 5.92 Å². The summed E-state index contributed by atoms with van der Waals surface area (Å²) in [5.41, 5.74) is 0.615. The summed E-state index contributed by atoms with van der Waals surface area (Å²) < 4.78 is 36.9. The summed E-state index contributed by atoms with van der Waals surface area (Å²) in [6.45, 7) is 1.10. The Balaban J connectivity index is 1.75. The Labute approximate surface area is 126 Å². The molecule has 1 aliphatic heterocycles. The maximum atomic E-state index is 12.3. The number of benzene rings is 1. The molecule has 0 aromatic heterocycles. The number of aromatic hydroxyl groups is 1. The Morgan fingerprint density at radius 3 is 2.81 bits per heavy atom. The van der Waals surface area contributed by atoms with E-state index in [2.05, 4.69) is 5.32 Å². The van der Waals surface area contributed by atoms with Gasteiger partial charge in [-0.1, -0.05) is 17.7 Å². The molecule has 0 aliphatic carbocycles. The highest BCUT2D eigenvalue weighted by molar-refractivity contribution is 6.31. The van der Waals surface area contributed by atoms with Crippen LogP contribution < -0.4 is 5.32 Å². The van der Waals surface area contributed by atoms with Gasteiger partial charge in [0.15, 0.2) is 0 Å². The molecule has 1 aromatic rings. The first-order chi connectivity index (χ1) is 9.85. The SMILES string of the molecule is Oc1cccc(Cl)c1CNCC1CCN(CC(F)(F)F)C1. The van der Waals surface area contributed by atoms with Gasteiger partial charge in [-0.25, -0.2) is 0 Å². The second-order valence-corrected chi connectivity index (χ2v) is 5.78. The molecule has 1 aromatic carbocycles. The molecule has 7 heteroatoms. The number of alkyl halides is 3. The maximum Gasteiger partial charge on any atom is 0.401 e. The molecule has 0 spiro atoms. The summed E-state index contributed by atoms with van der Waals surface area (Å²) in [6.07, 6.45) is -3.39. The molecule has 1 aliphatic rings. The first-order valence-corrected chi connectivity index (χ1v) is 7.19. The number of rotatable bonds is 5. The second-order valence-electron chi connectivity index (χ2n) is 5.37. The van der Waals surface area contributed by atoms with Crippen LogP contribution in [0.15, 0.2) is 18.2 Å². The van der Waals surface area contributed by atoms with Crippen LogP contribution in [-0.4, -0.2) is 42.4 Å². The zero-order chi connectivity index (χ0) is 15.5. The van der Waals surface area contributed by atoms with Gasteiger partial charge in [-0.2, -0.15) is 13.2 Å². The van der Waals surface area contributed by atoms with E-state index in [4.69, 9.17) is 11.6 Å². The number of nitrogens with one attached hydrogen (secondary N) is 1. The molecule has 1 heterocycles. The van der Waals surface area contributed by atoms with Gasteiger partial charge in [0.1, 0.15) is 5.75 Å². The third kappa shape index (κ3) is 5.05. The summed E-state index contributed by atoms with van der Waals surface area (Å²) in [6, 6.07) is 4.91. The van der Waals surface area contributed by atoms with E-state index in [9.17, 15) is 18.3 Å². The van der Waals surface area contributed by atoms with E-state index >= 15 is 0 Å². The zero-order valence-corrected chi connectivity index (χ0v) is 12.2. The smallest absolute Gasteiger partial charge is 0.401 e. The predicted octanol–water partition coefficient (Wildman–Crippen LogP) is 3.02. The van der Waals surface area contributed by atoms with Gasteiger partial charge < -0.3 is 10.4 Å². The molecular formula is C14H18ClF3N2O. The molecule has 0 amide bonds. The number of hydrogen-bond acceptors (Lipinski definition) is 3. The average Bonchev–Trinajstić information content (AvgIpc) is 2.78. The van der Waals surface area contributed by atoms with E-state index in [-0.39, 0.29) is 11.7 Å². The third-order valence-electron chi connectivity index (χ3n) is 3.60. The van der Waals surface area contributed by atoms with Crippen LogP contribution >= 0.6 is 11.6 Å². The third-order valence-corrected chi connectivity index (χ3v) is 3.96. The highest BCUT2D eigenvalue weighted by Crippen LogP contribution is 2.25. The van der Waals surface area contributed by atoms with E-state index in [1.807, 2.05) is 0 Å². The Hall–Kier alpha value is -0.980. The van der Waals surface area contributed by atoms with E-state index < -0.39 is 12.7 Å². The summed E-state index contributed by atoms with van der Waals surface area (Å²) in [5.74, 6) is 0.317. The van der Waals surface area contributed by atoms with Crippen molar-refractivity contribution < 1.29 is 18.3 Å². The molecule has 21 heavy (non-hydrogen) atoms. The number of nitrogens with zero attached hydrogens (tertiary/aromatic N) is 1. The van der Waals surface area contributed by atoms with E-state index in [1.165, 1.54) is 4.90 Å². The van der Waals surface area contributed by atoms with Gasteiger partial charge in [-0.3, -0.25) is 4.90 Å². The van der Waals surface area contributed by atoms with Crippen LogP contribution in [0.1, 0.15) is 12.0 Å². The molecule has 0 radical (unpaired) electrons. The summed E-state index contributed by atoms with van der Waals surface area (Å²) in [4.78, 5) is 1.43.